The van der Waals surface area contributed by atoms with Crippen molar-refractivity contribution in [3.8, 4) is 23.0 Å². The molecule has 2 aromatic rings. The second-order valence-electron chi connectivity index (χ2n) is 6.75. The number of rotatable bonds is 2. The van der Waals surface area contributed by atoms with Gasteiger partial charge in [0, 0.05) is 25.6 Å². The number of aryl methyl sites for hydroxylation is 1. The average Bonchev–Trinajstić information content (AvgIpc) is 2.93. The van der Waals surface area contributed by atoms with Gasteiger partial charge in [-0.05, 0) is 47.9 Å². The Bertz CT molecular complexity index is 970. The summed E-state index contributed by atoms with van der Waals surface area (Å²) in [6, 6.07) is 13.0. The summed E-state index contributed by atoms with van der Waals surface area (Å²) in [7, 11) is 3.01. The molecule has 1 N–H and O–H groups in total. The lowest BCUT2D eigenvalue weighted by atomic mass is 9.98. The first-order chi connectivity index (χ1) is 12.8. The van der Waals surface area contributed by atoms with Gasteiger partial charge in [-0.1, -0.05) is 30.0 Å². The van der Waals surface area contributed by atoms with Crippen molar-refractivity contribution in [1.82, 2.24) is 4.90 Å². The van der Waals surface area contributed by atoms with Crippen LogP contribution in [-0.4, -0.2) is 48.2 Å². The third kappa shape index (κ3) is 3.86. The molecule has 3 rings (SSSR count). The Morgan fingerprint density at radius 2 is 2.00 bits per heavy atom. The lowest BCUT2D eigenvalue weighted by Crippen LogP contribution is -2.37. The van der Waals surface area contributed by atoms with Crippen LogP contribution < -0.4 is 0 Å². The fourth-order valence-electron chi connectivity index (χ4n) is 3.11. The Morgan fingerprint density at radius 1 is 1.22 bits per heavy atom. The van der Waals surface area contributed by atoms with Crippen molar-refractivity contribution in [1.29, 1.82) is 0 Å². The topological polar surface area (TPSA) is 66.8 Å². The lowest BCUT2D eigenvalue weighted by molar-refractivity contribution is -0.137. The Labute approximate surface area is 158 Å². The zero-order chi connectivity index (χ0) is 19.6. The maximum atomic E-state index is 12.0. The molecular weight excluding hydrogens is 342 g/mol. The molecule has 5 heteroatoms. The monoisotopic (exact) mass is 363 g/mol. The summed E-state index contributed by atoms with van der Waals surface area (Å²) in [5.41, 5.74) is 2.25. The van der Waals surface area contributed by atoms with Crippen LogP contribution in [-0.2, 0) is 9.53 Å². The smallest absolute Gasteiger partial charge is 0.337 e. The van der Waals surface area contributed by atoms with E-state index < -0.39 is 5.60 Å². The third-order valence-electron chi connectivity index (χ3n) is 4.62. The van der Waals surface area contributed by atoms with Crippen LogP contribution in [0.15, 0.2) is 42.5 Å². The van der Waals surface area contributed by atoms with E-state index in [2.05, 4.69) is 11.8 Å². The fourth-order valence-corrected chi connectivity index (χ4v) is 3.11. The predicted molar refractivity (Wildman–Crippen MR) is 102 cm³/mol. The lowest BCUT2D eigenvalue weighted by Gasteiger charge is -2.13. The minimum Gasteiger partial charge on any atom is -0.465 e. The highest BCUT2D eigenvalue weighted by atomic mass is 16.5. The molecule has 5 nitrogen and oxygen atoms in total. The highest BCUT2D eigenvalue weighted by Crippen LogP contribution is 2.24. The molecule has 138 valence electrons. The zero-order valence-electron chi connectivity index (χ0n) is 15.6. The minimum atomic E-state index is -1.62. The van der Waals surface area contributed by atoms with E-state index in [1.54, 1.807) is 19.2 Å². The van der Waals surface area contributed by atoms with E-state index >= 15 is 0 Å². The number of methoxy groups -OCH3 is 1. The number of likely N-dealkylation sites (tertiary alicyclic amines) is 1. The molecule has 2 aromatic carbocycles. The van der Waals surface area contributed by atoms with Gasteiger partial charge in [-0.3, -0.25) is 4.79 Å². The maximum Gasteiger partial charge on any atom is 0.337 e. The van der Waals surface area contributed by atoms with Crippen molar-refractivity contribution in [2.75, 3.05) is 20.7 Å². The van der Waals surface area contributed by atoms with Gasteiger partial charge in [0.2, 0.25) is 5.60 Å². The van der Waals surface area contributed by atoms with E-state index in [-0.39, 0.29) is 11.9 Å². The van der Waals surface area contributed by atoms with Crippen LogP contribution in [0.1, 0.15) is 27.9 Å². The molecular formula is C22H21NO4. The van der Waals surface area contributed by atoms with Gasteiger partial charge in [0.15, 0.2) is 0 Å². The molecule has 1 fully saturated rings. The number of carbonyl (C=O) groups excluding carboxylic acids is 2. The van der Waals surface area contributed by atoms with Gasteiger partial charge in [-0.15, -0.1) is 0 Å². The largest absolute Gasteiger partial charge is 0.465 e. The van der Waals surface area contributed by atoms with Gasteiger partial charge in [-0.25, -0.2) is 4.79 Å². The molecule has 1 atom stereocenters. The van der Waals surface area contributed by atoms with Crippen LogP contribution in [0, 0.1) is 18.8 Å². The van der Waals surface area contributed by atoms with Crippen LogP contribution in [0.3, 0.4) is 0 Å². The average molecular weight is 363 g/mol. The number of carbonyl (C=O) groups is 2. The van der Waals surface area contributed by atoms with Crippen molar-refractivity contribution >= 4 is 11.9 Å². The Balaban J connectivity index is 1.94. The third-order valence-corrected chi connectivity index (χ3v) is 4.62. The van der Waals surface area contributed by atoms with E-state index in [1.165, 1.54) is 12.0 Å². The van der Waals surface area contributed by atoms with E-state index in [1.807, 2.05) is 37.3 Å². The molecule has 0 unspecified atom stereocenters. The van der Waals surface area contributed by atoms with Gasteiger partial charge in [0.05, 0.1) is 12.7 Å². The first kappa shape index (κ1) is 18.7. The van der Waals surface area contributed by atoms with Crippen LogP contribution in [0.5, 0.6) is 0 Å². The second-order valence-corrected chi connectivity index (χ2v) is 6.75. The summed E-state index contributed by atoms with van der Waals surface area (Å²) in [5.74, 6) is 4.88. The van der Waals surface area contributed by atoms with Crippen LogP contribution in [0.4, 0.5) is 0 Å². The summed E-state index contributed by atoms with van der Waals surface area (Å²) < 4.78 is 4.81. The van der Waals surface area contributed by atoms with E-state index in [0.29, 0.717) is 24.1 Å². The highest BCUT2D eigenvalue weighted by Gasteiger charge is 2.42. The quantitative estimate of drug-likeness (QED) is 0.657. The van der Waals surface area contributed by atoms with E-state index in [9.17, 15) is 14.7 Å². The van der Waals surface area contributed by atoms with E-state index in [0.717, 1.165) is 16.7 Å². The first-order valence-electron chi connectivity index (χ1n) is 8.64. The van der Waals surface area contributed by atoms with E-state index in [4.69, 9.17) is 4.74 Å². The Hall–Kier alpha value is -3.10. The molecule has 1 amide bonds. The predicted octanol–water partition coefficient (Wildman–Crippen LogP) is 2.39. The summed E-state index contributed by atoms with van der Waals surface area (Å²) >= 11 is 0. The van der Waals surface area contributed by atoms with Crippen LogP contribution in [0.25, 0.3) is 11.1 Å². The molecule has 0 aromatic heterocycles. The van der Waals surface area contributed by atoms with Crippen molar-refractivity contribution in [2.24, 2.45) is 0 Å². The molecule has 0 spiro atoms. The molecule has 0 aliphatic carbocycles. The summed E-state index contributed by atoms with van der Waals surface area (Å²) in [6.45, 7) is 2.40. The number of aliphatic hydroxyl groups is 1. The maximum absolute atomic E-state index is 12.0. The molecule has 0 radical (unpaired) electrons. The number of ether oxygens (including phenoxy) is 1. The van der Waals surface area contributed by atoms with Crippen molar-refractivity contribution < 1.29 is 19.4 Å². The Kier molecular flexibility index (Phi) is 5.02. The summed E-state index contributed by atoms with van der Waals surface area (Å²) in [6.07, 6.45) is 0.301. The Morgan fingerprint density at radius 3 is 2.67 bits per heavy atom. The van der Waals surface area contributed by atoms with Gasteiger partial charge >= 0.3 is 5.97 Å². The fraction of sp³-hybridized carbons (Fsp3) is 0.273. The number of nitrogens with zero attached hydrogens (tertiary/aromatic N) is 1. The molecule has 0 bridgehead atoms. The number of likely N-dealkylation sites (N-methyl/N-ethyl adjacent to an activating group) is 1. The number of hydrogen-bond donors (Lipinski definition) is 1. The van der Waals surface area contributed by atoms with Crippen molar-refractivity contribution in [3.05, 3.63) is 59.2 Å². The number of benzene rings is 2. The molecule has 0 saturated carbocycles. The zero-order valence-corrected chi connectivity index (χ0v) is 15.6. The molecule has 1 heterocycles. The van der Waals surface area contributed by atoms with Gasteiger partial charge in [0.25, 0.3) is 5.91 Å². The SMILES string of the molecule is COC(=O)c1cc(C)cc(-c2cccc(C#C[C@]3(O)CCN(C)C3=O)c2)c1. The first-order valence-corrected chi connectivity index (χ1v) is 8.64. The normalized spacial score (nSPS) is 18.8. The summed E-state index contributed by atoms with van der Waals surface area (Å²) in [5, 5.41) is 10.4. The minimum absolute atomic E-state index is 0.301. The molecule has 1 saturated heterocycles. The number of amides is 1. The van der Waals surface area contributed by atoms with Crippen LogP contribution >= 0.6 is 0 Å². The molecule has 1 aliphatic heterocycles. The highest BCUT2D eigenvalue weighted by molar-refractivity contribution is 5.91. The van der Waals surface area contributed by atoms with Gasteiger partial charge < -0.3 is 14.7 Å². The van der Waals surface area contributed by atoms with Crippen molar-refractivity contribution in [3.63, 3.8) is 0 Å². The number of hydrogen-bond acceptors (Lipinski definition) is 4. The summed E-state index contributed by atoms with van der Waals surface area (Å²) in [4.78, 5) is 25.4. The standard InChI is InChI=1S/C22H21NO4/c1-15-11-18(14-19(12-15)20(24)27-3)17-6-4-5-16(13-17)7-8-22(26)9-10-23(2)21(22)25/h4-6,11-14,26H,9-10H2,1-3H3/t22-/m0/s1. The van der Waals surface area contributed by atoms with Gasteiger partial charge in [-0.2, -0.15) is 0 Å². The van der Waals surface area contributed by atoms with Gasteiger partial charge in [0.1, 0.15) is 0 Å². The number of esters is 1. The molecule has 1 aliphatic rings. The van der Waals surface area contributed by atoms with Crippen molar-refractivity contribution in [2.45, 2.75) is 18.9 Å². The second kappa shape index (κ2) is 7.26. The van der Waals surface area contributed by atoms with Crippen LogP contribution in [0.2, 0.25) is 0 Å². The molecule has 27 heavy (non-hydrogen) atoms.